The molecule has 1 aromatic heterocycles. The van der Waals surface area contributed by atoms with Crippen molar-refractivity contribution in [2.45, 2.75) is 13.0 Å². The minimum atomic E-state index is 0.193. The van der Waals surface area contributed by atoms with Gasteiger partial charge in [-0.3, -0.25) is 0 Å². The molecule has 0 saturated carbocycles. The highest BCUT2D eigenvalue weighted by atomic mass is 32.1. The third-order valence-electron chi connectivity index (χ3n) is 2.26. The van der Waals surface area contributed by atoms with Crippen LogP contribution in [0.15, 0.2) is 35.7 Å². The van der Waals surface area contributed by atoms with E-state index in [0.29, 0.717) is 5.69 Å². The van der Waals surface area contributed by atoms with Gasteiger partial charge in [-0.15, -0.1) is 11.3 Å². The summed E-state index contributed by atoms with van der Waals surface area (Å²) in [7, 11) is 0. The van der Waals surface area contributed by atoms with E-state index in [-0.39, 0.29) is 6.04 Å². The number of hydrogen-bond donors (Lipinski definition) is 1. The summed E-state index contributed by atoms with van der Waals surface area (Å²) in [6, 6.07) is 12.4. The molecule has 0 bridgehead atoms. The van der Waals surface area contributed by atoms with E-state index in [9.17, 15) is 0 Å². The molecule has 1 unspecified atom stereocenters. The molecule has 0 aliphatic heterocycles. The first kappa shape index (κ1) is 10.7. The summed E-state index contributed by atoms with van der Waals surface area (Å²) < 4.78 is 0. The van der Waals surface area contributed by atoms with Gasteiger partial charge in [-0.2, -0.15) is 5.26 Å². The fourth-order valence-corrected chi connectivity index (χ4v) is 2.13. The molecule has 0 spiro atoms. The third-order valence-corrected chi connectivity index (χ3v) is 3.03. The number of thiazole rings is 1. The van der Waals surface area contributed by atoms with Gasteiger partial charge in [-0.25, -0.2) is 4.98 Å². The lowest BCUT2D eigenvalue weighted by Crippen LogP contribution is -2.05. The van der Waals surface area contributed by atoms with Gasteiger partial charge in [0, 0.05) is 5.38 Å². The fraction of sp³-hybridized carbons (Fsp3) is 0.167. The highest BCUT2D eigenvalue weighted by Crippen LogP contribution is 2.21. The van der Waals surface area contributed by atoms with Crippen LogP contribution in [0.3, 0.4) is 0 Å². The number of benzene rings is 1. The van der Waals surface area contributed by atoms with Crippen LogP contribution in [0, 0.1) is 11.3 Å². The molecule has 0 saturated heterocycles. The maximum Gasteiger partial charge on any atom is 0.184 e. The summed E-state index contributed by atoms with van der Waals surface area (Å²) in [4.78, 5) is 4.14. The van der Waals surface area contributed by atoms with Crippen LogP contribution < -0.4 is 5.32 Å². The van der Waals surface area contributed by atoms with E-state index >= 15 is 0 Å². The number of aromatic nitrogens is 1. The summed E-state index contributed by atoms with van der Waals surface area (Å²) in [6.07, 6.45) is 0. The lowest BCUT2D eigenvalue weighted by Gasteiger charge is -2.12. The molecule has 1 heterocycles. The molecule has 4 heteroatoms. The molecule has 1 aromatic carbocycles. The summed E-state index contributed by atoms with van der Waals surface area (Å²) in [6.45, 7) is 2.07. The zero-order valence-corrected chi connectivity index (χ0v) is 9.66. The largest absolute Gasteiger partial charge is 0.355 e. The van der Waals surface area contributed by atoms with E-state index in [2.05, 4.69) is 29.4 Å². The van der Waals surface area contributed by atoms with Crippen LogP contribution in [0.5, 0.6) is 0 Å². The van der Waals surface area contributed by atoms with Crippen molar-refractivity contribution in [3.63, 3.8) is 0 Å². The predicted molar refractivity (Wildman–Crippen MR) is 65.3 cm³/mol. The van der Waals surface area contributed by atoms with Crippen molar-refractivity contribution in [2.24, 2.45) is 0 Å². The molecule has 80 valence electrons. The van der Waals surface area contributed by atoms with Crippen LogP contribution in [0.2, 0.25) is 0 Å². The minimum absolute atomic E-state index is 0.193. The van der Waals surface area contributed by atoms with Gasteiger partial charge in [0.05, 0.1) is 6.04 Å². The maximum atomic E-state index is 8.67. The van der Waals surface area contributed by atoms with E-state index in [0.717, 1.165) is 5.13 Å². The van der Waals surface area contributed by atoms with E-state index in [1.807, 2.05) is 24.3 Å². The topological polar surface area (TPSA) is 48.7 Å². The van der Waals surface area contributed by atoms with Crippen molar-refractivity contribution < 1.29 is 0 Å². The highest BCUT2D eigenvalue weighted by Gasteiger charge is 2.07. The van der Waals surface area contributed by atoms with Crippen LogP contribution in [0.1, 0.15) is 24.2 Å². The molecule has 16 heavy (non-hydrogen) atoms. The zero-order valence-electron chi connectivity index (χ0n) is 8.84. The van der Waals surface area contributed by atoms with Gasteiger partial charge >= 0.3 is 0 Å². The first-order chi connectivity index (χ1) is 7.79. The van der Waals surface area contributed by atoms with Crippen molar-refractivity contribution in [2.75, 3.05) is 5.32 Å². The Kier molecular flexibility index (Phi) is 3.18. The van der Waals surface area contributed by atoms with Gasteiger partial charge in [0.15, 0.2) is 10.8 Å². The Morgan fingerprint density at radius 1 is 1.38 bits per heavy atom. The van der Waals surface area contributed by atoms with Gasteiger partial charge in [-0.05, 0) is 12.5 Å². The molecule has 0 aliphatic rings. The van der Waals surface area contributed by atoms with Gasteiger partial charge < -0.3 is 5.32 Å². The van der Waals surface area contributed by atoms with E-state index in [1.54, 1.807) is 5.38 Å². The molecule has 2 aromatic rings. The summed E-state index contributed by atoms with van der Waals surface area (Å²) in [5, 5.41) is 14.5. The Morgan fingerprint density at radius 2 is 2.12 bits per heavy atom. The van der Waals surface area contributed by atoms with E-state index in [1.165, 1.54) is 16.9 Å². The lowest BCUT2D eigenvalue weighted by molar-refractivity contribution is 0.881. The average Bonchev–Trinajstić information content (AvgIpc) is 2.78. The molecule has 1 atom stereocenters. The van der Waals surface area contributed by atoms with Crippen molar-refractivity contribution in [3.05, 3.63) is 47.0 Å². The van der Waals surface area contributed by atoms with Gasteiger partial charge in [-0.1, -0.05) is 30.3 Å². The molecule has 0 aliphatic carbocycles. The van der Waals surface area contributed by atoms with Gasteiger partial charge in [0.2, 0.25) is 0 Å². The second-order valence-corrected chi connectivity index (χ2v) is 4.28. The lowest BCUT2D eigenvalue weighted by atomic mass is 10.1. The van der Waals surface area contributed by atoms with Crippen LogP contribution in [-0.4, -0.2) is 4.98 Å². The Morgan fingerprint density at radius 3 is 2.75 bits per heavy atom. The van der Waals surface area contributed by atoms with Gasteiger partial charge in [0.1, 0.15) is 6.07 Å². The number of rotatable bonds is 3. The van der Waals surface area contributed by atoms with Gasteiger partial charge in [0.25, 0.3) is 0 Å². The van der Waals surface area contributed by atoms with Crippen molar-refractivity contribution in [1.29, 1.82) is 5.26 Å². The molecule has 0 amide bonds. The quantitative estimate of drug-likeness (QED) is 0.879. The highest BCUT2D eigenvalue weighted by molar-refractivity contribution is 7.13. The van der Waals surface area contributed by atoms with E-state index < -0.39 is 0 Å². The minimum Gasteiger partial charge on any atom is -0.355 e. The van der Waals surface area contributed by atoms with Crippen molar-refractivity contribution in [3.8, 4) is 6.07 Å². The zero-order chi connectivity index (χ0) is 11.4. The molecule has 0 radical (unpaired) electrons. The molecule has 0 fully saturated rings. The summed E-state index contributed by atoms with van der Waals surface area (Å²) in [5.41, 5.74) is 1.67. The van der Waals surface area contributed by atoms with Crippen molar-refractivity contribution in [1.82, 2.24) is 4.98 Å². The van der Waals surface area contributed by atoms with E-state index in [4.69, 9.17) is 5.26 Å². The number of nitriles is 1. The smallest absolute Gasteiger partial charge is 0.184 e. The summed E-state index contributed by atoms with van der Waals surface area (Å²) >= 11 is 1.45. The molecule has 2 rings (SSSR count). The number of nitrogens with one attached hydrogen (secondary N) is 1. The molecular formula is C12H11N3S. The van der Waals surface area contributed by atoms with Crippen LogP contribution in [0.25, 0.3) is 0 Å². The Bertz CT molecular complexity index is 498. The molecule has 1 N–H and O–H groups in total. The predicted octanol–water partition coefficient (Wildman–Crippen LogP) is 3.19. The third kappa shape index (κ3) is 2.38. The molecule has 3 nitrogen and oxygen atoms in total. The first-order valence-corrected chi connectivity index (χ1v) is 5.84. The monoisotopic (exact) mass is 229 g/mol. The Labute approximate surface area is 98.4 Å². The Hall–Kier alpha value is -1.86. The standard InChI is InChI=1S/C12H11N3S/c1-9(10-5-3-2-4-6-10)14-12-15-11(7-13)8-16-12/h2-6,8-9H,1H3,(H,14,15). The van der Waals surface area contributed by atoms with Crippen LogP contribution in [0.4, 0.5) is 5.13 Å². The van der Waals surface area contributed by atoms with Crippen molar-refractivity contribution >= 4 is 16.5 Å². The average molecular weight is 229 g/mol. The summed E-state index contributed by atoms with van der Waals surface area (Å²) in [5.74, 6) is 0. The number of anilines is 1. The fourth-order valence-electron chi connectivity index (χ4n) is 1.40. The number of nitrogens with zero attached hydrogens (tertiary/aromatic N) is 2. The second-order valence-electron chi connectivity index (χ2n) is 3.43. The molecular weight excluding hydrogens is 218 g/mol. The maximum absolute atomic E-state index is 8.67. The van der Waals surface area contributed by atoms with Crippen LogP contribution in [-0.2, 0) is 0 Å². The SMILES string of the molecule is CC(Nc1nc(C#N)cs1)c1ccccc1. The first-order valence-electron chi connectivity index (χ1n) is 4.96. The number of hydrogen-bond acceptors (Lipinski definition) is 4. The second kappa shape index (κ2) is 4.77. The Balaban J connectivity index is 2.08. The normalized spacial score (nSPS) is 11.8. The van der Waals surface area contributed by atoms with Crippen LogP contribution >= 0.6 is 11.3 Å².